The number of carbonyl (C=O) groups is 1. The van der Waals surface area contributed by atoms with Crippen molar-refractivity contribution in [2.45, 2.75) is 13.0 Å². The number of fused-ring (bicyclic) bond motifs is 1. The molecule has 0 aromatic carbocycles. The third-order valence-corrected chi connectivity index (χ3v) is 2.12. The molecule has 0 fully saturated rings. The maximum Gasteiger partial charge on any atom is 0.211 e. The van der Waals surface area contributed by atoms with Gasteiger partial charge in [0.05, 0.1) is 17.5 Å². The standard InChI is InChI=1S/C10H11N3O2/c1-7(15)9-5-13-4-8(11-6-14)2-3-10(13)12-9/h2-7,15H,1H3,(H,11,14). The average Bonchev–Trinajstić information content (AvgIpc) is 2.61. The predicted octanol–water partition coefficient (Wildman–Crippen LogP) is 0.956. The first-order chi connectivity index (χ1) is 7.20. The molecule has 0 aliphatic rings. The molecular weight excluding hydrogens is 194 g/mol. The predicted molar refractivity (Wildman–Crippen MR) is 55.5 cm³/mol. The lowest BCUT2D eigenvalue weighted by Crippen LogP contribution is -1.95. The summed E-state index contributed by atoms with van der Waals surface area (Å²) in [5.41, 5.74) is 2.03. The summed E-state index contributed by atoms with van der Waals surface area (Å²) in [6.07, 6.45) is 3.50. The molecule has 0 radical (unpaired) electrons. The third-order valence-electron chi connectivity index (χ3n) is 2.12. The van der Waals surface area contributed by atoms with E-state index in [0.29, 0.717) is 17.8 Å². The van der Waals surface area contributed by atoms with Gasteiger partial charge >= 0.3 is 0 Å². The zero-order valence-electron chi connectivity index (χ0n) is 8.21. The number of carbonyl (C=O) groups excluding carboxylic acids is 1. The smallest absolute Gasteiger partial charge is 0.211 e. The van der Waals surface area contributed by atoms with Crippen molar-refractivity contribution < 1.29 is 9.90 Å². The van der Waals surface area contributed by atoms with E-state index in [9.17, 15) is 9.90 Å². The zero-order valence-corrected chi connectivity index (χ0v) is 8.21. The number of anilines is 1. The molecule has 2 heterocycles. The van der Waals surface area contributed by atoms with E-state index in [1.807, 2.05) is 0 Å². The second-order valence-corrected chi connectivity index (χ2v) is 3.29. The minimum atomic E-state index is -0.590. The van der Waals surface area contributed by atoms with Crippen LogP contribution in [0.15, 0.2) is 24.5 Å². The number of nitrogens with one attached hydrogen (secondary N) is 1. The molecule has 15 heavy (non-hydrogen) atoms. The van der Waals surface area contributed by atoms with Gasteiger partial charge < -0.3 is 14.8 Å². The number of nitrogens with zero attached hydrogens (tertiary/aromatic N) is 2. The van der Waals surface area contributed by atoms with Crippen molar-refractivity contribution >= 4 is 17.7 Å². The fourth-order valence-corrected chi connectivity index (χ4v) is 1.37. The number of amides is 1. The summed E-state index contributed by atoms with van der Waals surface area (Å²) in [6.45, 7) is 1.66. The van der Waals surface area contributed by atoms with Crippen LogP contribution in [0.25, 0.3) is 5.65 Å². The summed E-state index contributed by atoms with van der Waals surface area (Å²) in [7, 11) is 0. The Hall–Kier alpha value is -1.88. The van der Waals surface area contributed by atoms with Crippen LogP contribution in [-0.4, -0.2) is 20.9 Å². The molecule has 78 valence electrons. The zero-order chi connectivity index (χ0) is 10.8. The number of aromatic nitrogens is 2. The second kappa shape index (κ2) is 3.70. The van der Waals surface area contributed by atoms with Crippen molar-refractivity contribution in [3.8, 4) is 0 Å². The van der Waals surface area contributed by atoms with Gasteiger partial charge in [0.2, 0.25) is 6.41 Å². The number of rotatable bonds is 3. The highest BCUT2D eigenvalue weighted by atomic mass is 16.3. The molecule has 1 atom stereocenters. The number of imidazole rings is 1. The Bertz CT molecular complexity index is 490. The molecule has 2 aromatic heterocycles. The van der Waals surface area contributed by atoms with Crippen molar-refractivity contribution in [2.75, 3.05) is 5.32 Å². The quantitative estimate of drug-likeness (QED) is 0.733. The first-order valence-electron chi connectivity index (χ1n) is 4.57. The van der Waals surface area contributed by atoms with Crippen molar-refractivity contribution in [3.05, 3.63) is 30.2 Å². The summed E-state index contributed by atoms with van der Waals surface area (Å²) in [5, 5.41) is 11.9. The topological polar surface area (TPSA) is 66.6 Å². The summed E-state index contributed by atoms with van der Waals surface area (Å²) < 4.78 is 1.76. The SMILES string of the molecule is CC(O)c1cn2cc(NC=O)ccc2n1. The van der Waals surface area contributed by atoms with Crippen LogP contribution < -0.4 is 5.32 Å². The van der Waals surface area contributed by atoms with Crippen LogP contribution in [0.4, 0.5) is 5.69 Å². The number of hydrogen-bond donors (Lipinski definition) is 2. The van der Waals surface area contributed by atoms with Crippen molar-refractivity contribution in [3.63, 3.8) is 0 Å². The van der Waals surface area contributed by atoms with Gasteiger partial charge in [-0.3, -0.25) is 4.79 Å². The van der Waals surface area contributed by atoms with Crippen LogP contribution in [0.1, 0.15) is 18.7 Å². The monoisotopic (exact) mass is 205 g/mol. The Balaban J connectivity index is 2.47. The highest BCUT2D eigenvalue weighted by Gasteiger charge is 2.06. The first-order valence-corrected chi connectivity index (χ1v) is 4.57. The van der Waals surface area contributed by atoms with Crippen LogP contribution in [0.5, 0.6) is 0 Å². The maximum absolute atomic E-state index is 10.2. The van der Waals surface area contributed by atoms with Crippen LogP contribution in [-0.2, 0) is 4.79 Å². The van der Waals surface area contributed by atoms with Gasteiger partial charge in [0.15, 0.2) is 0 Å². The number of pyridine rings is 1. The highest BCUT2D eigenvalue weighted by molar-refractivity contribution is 5.71. The molecule has 1 amide bonds. The highest BCUT2D eigenvalue weighted by Crippen LogP contribution is 2.15. The van der Waals surface area contributed by atoms with Crippen LogP contribution in [0.2, 0.25) is 0 Å². The Morgan fingerprint density at radius 1 is 1.53 bits per heavy atom. The Kier molecular flexibility index (Phi) is 2.39. The van der Waals surface area contributed by atoms with Crippen LogP contribution >= 0.6 is 0 Å². The second-order valence-electron chi connectivity index (χ2n) is 3.29. The molecule has 0 saturated heterocycles. The van der Waals surface area contributed by atoms with Gasteiger partial charge in [-0.25, -0.2) is 4.98 Å². The fraction of sp³-hybridized carbons (Fsp3) is 0.200. The van der Waals surface area contributed by atoms with E-state index in [1.54, 1.807) is 35.9 Å². The van der Waals surface area contributed by atoms with Gasteiger partial charge in [-0.05, 0) is 19.1 Å². The summed E-state index contributed by atoms with van der Waals surface area (Å²) in [4.78, 5) is 14.5. The number of aliphatic hydroxyl groups is 1. The Labute approximate surface area is 86.4 Å². The Morgan fingerprint density at radius 2 is 2.33 bits per heavy atom. The molecule has 1 unspecified atom stereocenters. The van der Waals surface area contributed by atoms with E-state index in [0.717, 1.165) is 5.65 Å². The fourth-order valence-electron chi connectivity index (χ4n) is 1.37. The van der Waals surface area contributed by atoms with E-state index in [2.05, 4.69) is 10.3 Å². The van der Waals surface area contributed by atoms with Gasteiger partial charge in [-0.2, -0.15) is 0 Å². The molecule has 5 heteroatoms. The van der Waals surface area contributed by atoms with Gasteiger partial charge in [-0.15, -0.1) is 0 Å². The molecule has 0 aliphatic heterocycles. The average molecular weight is 205 g/mol. The van der Waals surface area contributed by atoms with Gasteiger partial charge in [0, 0.05) is 12.4 Å². The first kappa shape index (κ1) is 9.67. The molecule has 0 saturated carbocycles. The van der Waals surface area contributed by atoms with E-state index < -0.39 is 6.10 Å². The van der Waals surface area contributed by atoms with Crippen LogP contribution in [0, 0.1) is 0 Å². The molecule has 2 aromatic rings. The molecule has 0 aliphatic carbocycles. The van der Waals surface area contributed by atoms with Crippen LogP contribution in [0.3, 0.4) is 0 Å². The molecule has 2 rings (SSSR count). The number of aliphatic hydroxyl groups excluding tert-OH is 1. The van der Waals surface area contributed by atoms with Gasteiger partial charge in [0.1, 0.15) is 5.65 Å². The molecule has 0 bridgehead atoms. The van der Waals surface area contributed by atoms with E-state index in [1.165, 1.54) is 0 Å². The molecular formula is C10H11N3O2. The number of hydrogen-bond acceptors (Lipinski definition) is 3. The van der Waals surface area contributed by atoms with Crippen molar-refractivity contribution in [2.24, 2.45) is 0 Å². The maximum atomic E-state index is 10.2. The van der Waals surface area contributed by atoms with Crippen molar-refractivity contribution in [1.82, 2.24) is 9.38 Å². The lowest BCUT2D eigenvalue weighted by atomic mass is 10.3. The molecule has 2 N–H and O–H groups in total. The van der Waals surface area contributed by atoms with Gasteiger partial charge in [0.25, 0.3) is 0 Å². The van der Waals surface area contributed by atoms with Crippen molar-refractivity contribution in [1.29, 1.82) is 0 Å². The Morgan fingerprint density at radius 3 is 3.00 bits per heavy atom. The molecule has 0 spiro atoms. The summed E-state index contributed by atoms with van der Waals surface area (Å²) >= 11 is 0. The summed E-state index contributed by atoms with van der Waals surface area (Å²) in [6, 6.07) is 3.53. The normalized spacial score (nSPS) is 12.7. The minimum absolute atomic E-state index is 0.590. The lowest BCUT2D eigenvalue weighted by molar-refractivity contribution is -0.105. The van der Waals surface area contributed by atoms with Gasteiger partial charge in [-0.1, -0.05) is 0 Å². The minimum Gasteiger partial charge on any atom is -0.387 e. The molecule has 5 nitrogen and oxygen atoms in total. The largest absolute Gasteiger partial charge is 0.387 e. The van der Waals surface area contributed by atoms with E-state index >= 15 is 0 Å². The third kappa shape index (κ3) is 1.82. The lowest BCUT2D eigenvalue weighted by Gasteiger charge is -1.98. The van der Waals surface area contributed by atoms with E-state index in [-0.39, 0.29) is 0 Å². The summed E-state index contributed by atoms with van der Waals surface area (Å²) in [5.74, 6) is 0. The van der Waals surface area contributed by atoms with E-state index in [4.69, 9.17) is 0 Å².